The molecule has 120 valence electrons. The number of fused-ring (bicyclic) bond motifs is 1. The van der Waals surface area contributed by atoms with Crippen molar-refractivity contribution < 1.29 is 14.4 Å². The van der Waals surface area contributed by atoms with Crippen LogP contribution in [0.25, 0.3) is 0 Å². The molecular weight excluding hydrogens is 299 g/mol. The number of rotatable bonds is 2. The number of nitrogens with one attached hydrogen (secondary N) is 1. The number of halogens is 1. The summed E-state index contributed by atoms with van der Waals surface area (Å²) >= 11 is 0. The molecule has 23 heavy (non-hydrogen) atoms. The summed E-state index contributed by atoms with van der Waals surface area (Å²) in [6.07, 6.45) is 0.693. The van der Waals surface area contributed by atoms with Crippen LogP contribution in [0.3, 0.4) is 0 Å². The van der Waals surface area contributed by atoms with Crippen LogP contribution in [0.2, 0.25) is 0 Å². The lowest BCUT2D eigenvalue weighted by molar-refractivity contribution is -0.385. The van der Waals surface area contributed by atoms with Gasteiger partial charge in [-0.3, -0.25) is 10.1 Å². The smallest absolute Gasteiger partial charge is 0.312 e. The van der Waals surface area contributed by atoms with Crippen molar-refractivity contribution in [3.8, 4) is 5.75 Å². The van der Waals surface area contributed by atoms with E-state index in [2.05, 4.69) is 5.32 Å². The average Bonchev–Trinajstić information content (AvgIpc) is 2.66. The first-order chi connectivity index (χ1) is 11.0. The standard InChI is InChI=1S/C17H17FN2O3/c1-10-6-12(11-4-2-3-5-14(11)18)13-7-17(21)16(20(22)23)8-15(13)19-9-10/h2-5,7-8,10,12,19,21H,6,9H2,1H3. The molecule has 1 heterocycles. The molecule has 2 aromatic carbocycles. The van der Waals surface area contributed by atoms with Gasteiger partial charge < -0.3 is 10.4 Å². The van der Waals surface area contributed by atoms with Gasteiger partial charge in [0.15, 0.2) is 5.75 Å². The van der Waals surface area contributed by atoms with Gasteiger partial charge in [-0.15, -0.1) is 0 Å². The molecule has 0 radical (unpaired) electrons. The molecule has 1 aliphatic heterocycles. The third-order valence-corrected chi connectivity index (χ3v) is 4.28. The zero-order chi connectivity index (χ0) is 16.6. The lowest BCUT2D eigenvalue weighted by Crippen LogP contribution is -2.10. The summed E-state index contributed by atoms with van der Waals surface area (Å²) < 4.78 is 14.2. The van der Waals surface area contributed by atoms with Crippen molar-refractivity contribution in [2.24, 2.45) is 5.92 Å². The molecule has 6 heteroatoms. The summed E-state index contributed by atoms with van der Waals surface area (Å²) in [5.74, 6) is -0.710. The molecule has 0 amide bonds. The Bertz CT molecular complexity index is 763. The van der Waals surface area contributed by atoms with Gasteiger partial charge in [0.25, 0.3) is 0 Å². The van der Waals surface area contributed by atoms with Crippen LogP contribution in [0.15, 0.2) is 36.4 Å². The van der Waals surface area contributed by atoms with E-state index in [0.717, 1.165) is 0 Å². The van der Waals surface area contributed by atoms with Crippen LogP contribution in [-0.4, -0.2) is 16.6 Å². The molecule has 0 saturated heterocycles. The Morgan fingerprint density at radius 1 is 1.30 bits per heavy atom. The molecule has 0 saturated carbocycles. The summed E-state index contributed by atoms with van der Waals surface area (Å²) in [6.45, 7) is 2.68. The number of benzene rings is 2. The van der Waals surface area contributed by atoms with Crippen LogP contribution in [0, 0.1) is 21.8 Å². The number of anilines is 1. The maximum atomic E-state index is 14.2. The first kappa shape index (κ1) is 15.3. The van der Waals surface area contributed by atoms with E-state index in [1.807, 2.05) is 6.92 Å². The minimum Gasteiger partial charge on any atom is -0.502 e. The van der Waals surface area contributed by atoms with E-state index >= 15 is 0 Å². The second-order valence-electron chi connectivity index (χ2n) is 5.98. The highest BCUT2D eigenvalue weighted by molar-refractivity contribution is 5.66. The van der Waals surface area contributed by atoms with Gasteiger partial charge >= 0.3 is 5.69 Å². The number of phenols is 1. The molecule has 0 aromatic heterocycles. The number of hydrogen-bond acceptors (Lipinski definition) is 4. The third kappa shape index (κ3) is 2.84. The van der Waals surface area contributed by atoms with E-state index in [1.165, 1.54) is 18.2 Å². The van der Waals surface area contributed by atoms with Gasteiger partial charge in [0, 0.05) is 24.2 Å². The van der Waals surface area contributed by atoms with Gasteiger partial charge in [0.2, 0.25) is 0 Å². The fourth-order valence-corrected chi connectivity index (χ4v) is 3.13. The van der Waals surface area contributed by atoms with Crippen molar-refractivity contribution in [1.82, 2.24) is 0 Å². The van der Waals surface area contributed by atoms with Crippen molar-refractivity contribution in [2.45, 2.75) is 19.3 Å². The molecule has 5 nitrogen and oxygen atoms in total. The fourth-order valence-electron chi connectivity index (χ4n) is 3.13. The van der Waals surface area contributed by atoms with Gasteiger partial charge in [-0.1, -0.05) is 25.1 Å². The Hall–Kier alpha value is -2.63. The first-order valence-corrected chi connectivity index (χ1v) is 7.47. The fraction of sp³-hybridized carbons (Fsp3) is 0.294. The Labute approximate surface area is 132 Å². The SMILES string of the molecule is CC1CNc2cc([N+](=O)[O-])c(O)cc2C(c2ccccc2F)C1. The van der Waals surface area contributed by atoms with Gasteiger partial charge in [-0.2, -0.15) is 0 Å². The predicted octanol–water partition coefficient (Wildman–Crippen LogP) is 4.02. The Kier molecular flexibility index (Phi) is 3.90. The van der Waals surface area contributed by atoms with Crippen molar-refractivity contribution in [2.75, 3.05) is 11.9 Å². The van der Waals surface area contributed by atoms with Crippen molar-refractivity contribution >= 4 is 11.4 Å². The predicted molar refractivity (Wildman–Crippen MR) is 85.3 cm³/mol. The van der Waals surface area contributed by atoms with Crippen LogP contribution in [-0.2, 0) is 0 Å². The molecule has 2 atom stereocenters. The van der Waals surface area contributed by atoms with E-state index in [-0.39, 0.29) is 23.3 Å². The van der Waals surface area contributed by atoms with E-state index in [4.69, 9.17) is 0 Å². The molecule has 0 spiro atoms. The molecule has 3 rings (SSSR count). The second kappa shape index (κ2) is 5.87. The van der Waals surface area contributed by atoms with Crippen molar-refractivity contribution in [3.05, 3.63) is 63.5 Å². The summed E-state index contributed by atoms with van der Waals surface area (Å²) in [7, 11) is 0. The lowest BCUT2D eigenvalue weighted by atomic mass is 9.84. The molecule has 0 aliphatic carbocycles. The third-order valence-electron chi connectivity index (χ3n) is 4.28. The summed E-state index contributed by atoms with van der Waals surface area (Å²) in [6, 6.07) is 9.24. The van der Waals surface area contributed by atoms with E-state index < -0.39 is 10.7 Å². The first-order valence-electron chi connectivity index (χ1n) is 7.47. The molecule has 0 fully saturated rings. The second-order valence-corrected chi connectivity index (χ2v) is 5.98. The maximum Gasteiger partial charge on any atom is 0.312 e. The van der Waals surface area contributed by atoms with E-state index in [9.17, 15) is 19.6 Å². The zero-order valence-corrected chi connectivity index (χ0v) is 12.6. The number of nitrogens with zero attached hydrogens (tertiary/aromatic N) is 1. The normalized spacial score (nSPS) is 20.3. The number of aromatic hydroxyl groups is 1. The summed E-state index contributed by atoms with van der Waals surface area (Å²) in [5.41, 5.74) is 1.45. The Morgan fingerprint density at radius 2 is 2.04 bits per heavy atom. The molecule has 0 bridgehead atoms. The van der Waals surface area contributed by atoms with Gasteiger partial charge in [-0.05, 0) is 35.6 Å². The monoisotopic (exact) mass is 316 g/mol. The molecule has 2 N–H and O–H groups in total. The van der Waals surface area contributed by atoms with Gasteiger partial charge in [0.05, 0.1) is 4.92 Å². The topological polar surface area (TPSA) is 75.4 Å². The minimum atomic E-state index is -0.621. The van der Waals surface area contributed by atoms with Crippen LogP contribution >= 0.6 is 0 Å². The Morgan fingerprint density at radius 3 is 2.74 bits per heavy atom. The zero-order valence-electron chi connectivity index (χ0n) is 12.6. The summed E-state index contributed by atoms with van der Waals surface area (Å²) in [5, 5.41) is 24.2. The number of phenolic OH excluding ortho intramolecular Hbond substituents is 1. The van der Waals surface area contributed by atoms with Crippen LogP contribution < -0.4 is 5.32 Å². The minimum absolute atomic E-state index is 0.258. The van der Waals surface area contributed by atoms with Crippen LogP contribution in [0.1, 0.15) is 30.4 Å². The molecular formula is C17H17FN2O3. The quantitative estimate of drug-likeness (QED) is 0.498. The highest BCUT2D eigenvalue weighted by Crippen LogP contribution is 2.43. The number of nitro groups is 1. The van der Waals surface area contributed by atoms with Gasteiger partial charge in [-0.25, -0.2) is 4.39 Å². The number of hydrogen-bond donors (Lipinski definition) is 2. The average molecular weight is 316 g/mol. The number of nitro benzene ring substituents is 1. The van der Waals surface area contributed by atoms with Gasteiger partial charge in [0.1, 0.15) is 5.82 Å². The summed E-state index contributed by atoms with van der Waals surface area (Å²) in [4.78, 5) is 10.4. The van der Waals surface area contributed by atoms with Crippen molar-refractivity contribution in [3.63, 3.8) is 0 Å². The van der Waals surface area contributed by atoms with Crippen LogP contribution in [0.5, 0.6) is 5.75 Å². The van der Waals surface area contributed by atoms with Crippen molar-refractivity contribution in [1.29, 1.82) is 0 Å². The highest BCUT2D eigenvalue weighted by atomic mass is 19.1. The largest absolute Gasteiger partial charge is 0.502 e. The molecule has 2 unspecified atom stereocenters. The molecule has 1 aliphatic rings. The molecule has 2 aromatic rings. The van der Waals surface area contributed by atoms with E-state index in [0.29, 0.717) is 29.8 Å². The van der Waals surface area contributed by atoms with E-state index in [1.54, 1.807) is 18.2 Å². The maximum absolute atomic E-state index is 14.2. The lowest BCUT2D eigenvalue weighted by Gasteiger charge is -2.20. The Balaban J connectivity index is 2.17. The van der Waals surface area contributed by atoms with Crippen LogP contribution in [0.4, 0.5) is 15.8 Å². The highest BCUT2D eigenvalue weighted by Gasteiger charge is 2.29.